The van der Waals surface area contributed by atoms with Crippen molar-refractivity contribution >= 4 is 12.2 Å². The van der Waals surface area contributed by atoms with Crippen LogP contribution >= 0.6 is 0 Å². The summed E-state index contributed by atoms with van der Waals surface area (Å²) in [6, 6.07) is 0.120. The molecular formula is C16H26N2O. The number of aliphatic hydroxyl groups excluding tert-OH is 1. The van der Waals surface area contributed by atoms with Gasteiger partial charge < -0.3 is 14.6 Å². The average Bonchev–Trinajstić information content (AvgIpc) is 2.68. The molecule has 1 aliphatic rings. The molecule has 0 aromatic carbocycles. The minimum absolute atomic E-state index is 0.0781. The Morgan fingerprint density at radius 1 is 1.32 bits per heavy atom. The van der Waals surface area contributed by atoms with E-state index in [9.17, 15) is 5.11 Å². The Hall–Kier alpha value is -1.06. The molecule has 0 radical (unpaired) electrons. The largest absolute Gasteiger partial charge is 0.395 e. The Kier molecular flexibility index (Phi) is 3.88. The molecule has 3 heteroatoms. The van der Waals surface area contributed by atoms with Crippen LogP contribution in [0.3, 0.4) is 0 Å². The number of rotatable bonds is 4. The number of nitrogens with zero attached hydrogens (tertiary/aromatic N) is 2. The maximum Gasteiger partial charge on any atom is 0.0595 e. The van der Waals surface area contributed by atoms with Crippen molar-refractivity contribution in [3.05, 3.63) is 22.3 Å². The lowest BCUT2D eigenvalue weighted by Crippen LogP contribution is -2.49. The van der Waals surface area contributed by atoms with Crippen molar-refractivity contribution < 1.29 is 5.11 Å². The second kappa shape index (κ2) is 5.14. The molecule has 1 aromatic rings. The first-order valence-electron chi connectivity index (χ1n) is 7.03. The van der Waals surface area contributed by atoms with Crippen LogP contribution in [-0.4, -0.2) is 41.3 Å². The number of aromatic nitrogens is 1. The van der Waals surface area contributed by atoms with Crippen molar-refractivity contribution in [3.63, 3.8) is 0 Å². The monoisotopic (exact) mass is 262 g/mol. The molecule has 0 saturated heterocycles. The first-order valence-corrected chi connectivity index (χ1v) is 7.03. The summed E-state index contributed by atoms with van der Waals surface area (Å²) >= 11 is 0. The molecule has 1 aliphatic carbocycles. The fourth-order valence-corrected chi connectivity index (χ4v) is 3.31. The highest BCUT2D eigenvalue weighted by molar-refractivity contribution is 5.42. The molecule has 2 rings (SSSR count). The van der Waals surface area contributed by atoms with Crippen LogP contribution in [0.1, 0.15) is 32.3 Å². The molecule has 0 bridgehead atoms. The molecule has 0 aliphatic heterocycles. The van der Waals surface area contributed by atoms with Gasteiger partial charge in [-0.15, -0.1) is 0 Å². The number of likely N-dealkylation sites (N-methyl/N-ethyl adjacent to an activating group) is 1. The highest BCUT2D eigenvalue weighted by Gasteiger charge is 2.34. The first-order chi connectivity index (χ1) is 8.89. The van der Waals surface area contributed by atoms with Crippen molar-refractivity contribution in [2.24, 2.45) is 7.05 Å². The second-order valence-corrected chi connectivity index (χ2v) is 6.32. The minimum Gasteiger partial charge on any atom is -0.395 e. The molecule has 1 N–H and O–H groups in total. The third-order valence-corrected chi connectivity index (χ3v) is 4.45. The van der Waals surface area contributed by atoms with Crippen LogP contribution in [0.25, 0.3) is 12.2 Å². The van der Waals surface area contributed by atoms with Gasteiger partial charge in [0.15, 0.2) is 0 Å². The maximum absolute atomic E-state index is 9.74. The Bertz CT molecular complexity index is 566. The predicted octanol–water partition coefficient (Wildman–Crippen LogP) is 0.580. The summed E-state index contributed by atoms with van der Waals surface area (Å²) in [5.74, 6) is 0. The van der Waals surface area contributed by atoms with Gasteiger partial charge in [0.1, 0.15) is 0 Å². The van der Waals surface area contributed by atoms with Crippen LogP contribution in [0.4, 0.5) is 0 Å². The summed E-state index contributed by atoms with van der Waals surface area (Å²) in [7, 11) is 6.18. The molecule has 0 spiro atoms. The van der Waals surface area contributed by atoms with Gasteiger partial charge in [-0.2, -0.15) is 0 Å². The lowest BCUT2D eigenvalue weighted by Gasteiger charge is -2.37. The predicted molar refractivity (Wildman–Crippen MR) is 80.4 cm³/mol. The molecule has 0 saturated carbocycles. The van der Waals surface area contributed by atoms with E-state index in [-0.39, 0.29) is 18.1 Å². The number of fused-ring (bicyclic) bond motifs is 1. The quantitative estimate of drug-likeness (QED) is 0.860. The van der Waals surface area contributed by atoms with Crippen molar-refractivity contribution in [2.45, 2.75) is 38.1 Å². The molecule has 3 nitrogen and oxygen atoms in total. The van der Waals surface area contributed by atoms with E-state index in [4.69, 9.17) is 0 Å². The molecule has 1 aromatic heterocycles. The molecule has 106 valence electrons. The summed E-state index contributed by atoms with van der Waals surface area (Å²) in [6.07, 6.45) is 9.14. The first kappa shape index (κ1) is 14.4. The van der Waals surface area contributed by atoms with E-state index in [1.807, 2.05) is 14.1 Å². The summed E-state index contributed by atoms with van der Waals surface area (Å²) in [6.45, 7) is 4.63. The second-order valence-electron chi connectivity index (χ2n) is 6.32. The molecule has 0 amide bonds. The van der Waals surface area contributed by atoms with Crippen molar-refractivity contribution in [3.8, 4) is 0 Å². The normalized spacial score (nSPS) is 16.8. The summed E-state index contributed by atoms with van der Waals surface area (Å²) in [5.41, 5.74) is 1.26. The van der Waals surface area contributed by atoms with Gasteiger partial charge in [0.05, 0.1) is 6.61 Å². The topological polar surface area (TPSA) is 28.4 Å². The van der Waals surface area contributed by atoms with Gasteiger partial charge in [0.2, 0.25) is 0 Å². The van der Waals surface area contributed by atoms with E-state index in [1.54, 1.807) is 0 Å². The lowest BCUT2D eigenvalue weighted by molar-refractivity contribution is 0.113. The number of aryl methyl sites for hydroxylation is 1. The van der Waals surface area contributed by atoms with Crippen LogP contribution in [0.2, 0.25) is 0 Å². The standard InChI is InChI=1S/C16H26N2O/c1-16(2,15(11-19)17(3)4)13-10-18(5)14-9-7-6-8-12(13)14/h8-10,15,19H,6-7,11H2,1-5H3. The zero-order valence-electron chi connectivity index (χ0n) is 12.8. The van der Waals surface area contributed by atoms with E-state index in [1.165, 1.54) is 16.1 Å². The number of aliphatic hydroxyl groups is 1. The Labute approximate surface area is 115 Å². The Balaban J connectivity index is 2.59. The van der Waals surface area contributed by atoms with Gasteiger partial charge in [-0.3, -0.25) is 0 Å². The van der Waals surface area contributed by atoms with Crippen LogP contribution in [-0.2, 0) is 12.5 Å². The summed E-state index contributed by atoms with van der Waals surface area (Å²) < 4.78 is 2.21. The molecule has 1 heterocycles. The third kappa shape index (κ3) is 2.37. The molecular weight excluding hydrogens is 236 g/mol. The van der Waals surface area contributed by atoms with Gasteiger partial charge in [0.25, 0.3) is 0 Å². The fourth-order valence-electron chi connectivity index (χ4n) is 3.31. The van der Waals surface area contributed by atoms with Crippen LogP contribution in [0.15, 0.2) is 6.20 Å². The number of hydrogen-bond donors (Lipinski definition) is 1. The highest BCUT2D eigenvalue weighted by Crippen LogP contribution is 2.27. The molecule has 0 fully saturated rings. The Morgan fingerprint density at radius 2 is 1.95 bits per heavy atom. The average molecular weight is 262 g/mol. The van der Waals surface area contributed by atoms with Crippen LogP contribution in [0, 0.1) is 0 Å². The fraction of sp³-hybridized carbons (Fsp3) is 0.625. The van der Waals surface area contributed by atoms with Crippen molar-refractivity contribution in [1.82, 2.24) is 9.47 Å². The minimum atomic E-state index is -0.0781. The highest BCUT2D eigenvalue weighted by atomic mass is 16.3. The van der Waals surface area contributed by atoms with E-state index in [0.29, 0.717) is 0 Å². The van der Waals surface area contributed by atoms with Crippen LogP contribution < -0.4 is 10.6 Å². The lowest BCUT2D eigenvalue weighted by atomic mass is 9.77. The van der Waals surface area contributed by atoms with E-state index < -0.39 is 0 Å². The molecule has 19 heavy (non-hydrogen) atoms. The van der Waals surface area contributed by atoms with Gasteiger partial charge in [-0.05, 0) is 37.7 Å². The zero-order chi connectivity index (χ0) is 14.2. The summed E-state index contributed by atoms with van der Waals surface area (Å²) in [4.78, 5) is 2.12. The molecule has 1 atom stereocenters. The van der Waals surface area contributed by atoms with Crippen molar-refractivity contribution in [2.75, 3.05) is 20.7 Å². The SMILES string of the molecule is CN(C)C(CO)C(C)(C)c1cn(C)c2c1=CCCC=2. The van der Waals surface area contributed by atoms with E-state index in [2.05, 4.69) is 48.7 Å². The van der Waals surface area contributed by atoms with Gasteiger partial charge in [-0.25, -0.2) is 0 Å². The van der Waals surface area contributed by atoms with Gasteiger partial charge >= 0.3 is 0 Å². The van der Waals surface area contributed by atoms with Gasteiger partial charge in [0, 0.05) is 30.1 Å². The maximum atomic E-state index is 9.74. The third-order valence-electron chi connectivity index (χ3n) is 4.45. The van der Waals surface area contributed by atoms with Crippen molar-refractivity contribution in [1.29, 1.82) is 0 Å². The van der Waals surface area contributed by atoms with Crippen LogP contribution in [0.5, 0.6) is 0 Å². The Morgan fingerprint density at radius 3 is 2.53 bits per heavy atom. The van der Waals surface area contributed by atoms with E-state index >= 15 is 0 Å². The van der Waals surface area contributed by atoms with Gasteiger partial charge in [-0.1, -0.05) is 26.0 Å². The zero-order valence-corrected chi connectivity index (χ0v) is 12.8. The number of hydrogen-bond acceptors (Lipinski definition) is 2. The smallest absolute Gasteiger partial charge is 0.0595 e. The molecule has 1 unspecified atom stereocenters. The summed E-state index contributed by atoms with van der Waals surface area (Å²) in [5, 5.41) is 12.4. The van der Waals surface area contributed by atoms with E-state index in [0.717, 1.165) is 12.8 Å².